The Labute approximate surface area is 126 Å². The molecule has 0 unspecified atom stereocenters. The van der Waals surface area contributed by atoms with Crippen molar-refractivity contribution in [3.63, 3.8) is 0 Å². The number of benzene rings is 1. The van der Waals surface area contributed by atoms with Gasteiger partial charge in [-0.1, -0.05) is 15.9 Å². The maximum atomic E-state index is 12.3. The Morgan fingerprint density at radius 3 is 2.20 bits per heavy atom. The first-order chi connectivity index (χ1) is 8.97. The number of rotatable bonds is 4. The molecule has 1 rings (SSSR count). The molecule has 1 aromatic carbocycles. The van der Waals surface area contributed by atoms with Gasteiger partial charge in [0.15, 0.2) is 0 Å². The lowest BCUT2D eigenvalue weighted by Gasteiger charge is -2.38. The van der Waals surface area contributed by atoms with Gasteiger partial charge in [0.1, 0.15) is 0 Å². The van der Waals surface area contributed by atoms with Crippen molar-refractivity contribution in [3.8, 4) is 0 Å². The van der Waals surface area contributed by atoms with E-state index in [1.807, 2.05) is 0 Å². The van der Waals surface area contributed by atoms with Crippen molar-refractivity contribution in [2.75, 3.05) is 5.73 Å². The van der Waals surface area contributed by atoms with Crippen LogP contribution in [0.5, 0.6) is 0 Å². The number of aliphatic carboxylic acids is 1. The topological polar surface area (TPSA) is 92.4 Å². The van der Waals surface area contributed by atoms with Crippen LogP contribution in [0.1, 0.15) is 38.1 Å². The first kappa shape index (κ1) is 16.5. The number of hydrogen-bond acceptors (Lipinski definition) is 3. The molecule has 1 aromatic rings. The smallest absolute Gasteiger partial charge is 0.311 e. The molecule has 0 radical (unpaired) electrons. The quantitative estimate of drug-likeness (QED) is 0.733. The van der Waals surface area contributed by atoms with Crippen LogP contribution in [0.3, 0.4) is 0 Å². The van der Waals surface area contributed by atoms with Gasteiger partial charge in [0.05, 0.1) is 11.0 Å². The number of carboxylic acids is 1. The zero-order chi connectivity index (χ0) is 15.7. The Hall–Kier alpha value is -1.56. The van der Waals surface area contributed by atoms with Gasteiger partial charge in [-0.15, -0.1) is 0 Å². The summed E-state index contributed by atoms with van der Waals surface area (Å²) in [6.45, 7) is 6.51. The molecular formula is C14H19BrN2O3. The number of nitrogens with one attached hydrogen (secondary N) is 1. The molecule has 0 saturated heterocycles. The molecule has 0 aliphatic rings. The van der Waals surface area contributed by atoms with Crippen LogP contribution in [-0.4, -0.2) is 22.5 Å². The van der Waals surface area contributed by atoms with E-state index in [1.165, 1.54) is 0 Å². The molecule has 1 amide bonds. The molecule has 20 heavy (non-hydrogen) atoms. The van der Waals surface area contributed by atoms with Crippen LogP contribution in [0.4, 0.5) is 5.69 Å². The fourth-order valence-electron chi connectivity index (χ4n) is 1.52. The van der Waals surface area contributed by atoms with Crippen LogP contribution in [-0.2, 0) is 4.79 Å². The highest BCUT2D eigenvalue weighted by atomic mass is 79.9. The monoisotopic (exact) mass is 342 g/mol. The summed E-state index contributed by atoms with van der Waals surface area (Å²) in [6, 6.07) is 4.86. The molecule has 0 aliphatic carbocycles. The molecule has 5 nitrogen and oxygen atoms in total. The van der Waals surface area contributed by atoms with Crippen LogP contribution in [0.2, 0.25) is 0 Å². The van der Waals surface area contributed by atoms with Gasteiger partial charge in [0, 0.05) is 15.7 Å². The zero-order valence-electron chi connectivity index (χ0n) is 12.0. The molecule has 0 spiro atoms. The zero-order valence-corrected chi connectivity index (χ0v) is 13.5. The van der Waals surface area contributed by atoms with Crippen molar-refractivity contribution in [2.45, 2.75) is 33.2 Å². The number of nitrogen functional groups attached to an aromatic ring is 1. The van der Waals surface area contributed by atoms with E-state index >= 15 is 0 Å². The molecule has 0 bridgehead atoms. The Morgan fingerprint density at radius 1 is 1.20 bits per heavy atom. The summed E-state index contributed by atoms with van der Waals surface area (Å²) in [6.07, 6.45) is 0. The van der Waals surface area contributed by atoms with Crippen molar-refractivity contribution in [1.29, 1.82) is 0 Å². The lowest BCUT2D eigenvalue weighted by molar-refractivity contribution is -0.150. The predicted molar refractivity (Wildman–Crippen MR) is 81.5 cm³/mol. The van der Waals surface area contributed by atoms with Gasteiger partial charge in [-0.2, -0.15) is 0 Å². The van der Waals surface area contributed by atoms with Crippen molar-refractivity contribution in [3.05, 3.63) is 28.2 Å². The van der Waals surface area contributed by atoms with Gasteiger partial charge >= 0.3 is 5.97 Å². The summed E-state index contributed by atoms with van der Waals surface area (Å²) in [4.78, 5) is 23.6. The van der Waals surface area contributed by atoms with Gasteiger partial charge in [-0.3, -0.25) is 9.59 Å². The predicted octanol–water partition coefficient (Wildman–Crippen LogP) is 2.65. The number of carbonyl (C=O) groups excluding carboxylic acids is 1. The van der Waals surface area contributed by atoms with E-state index in [1.54, 1.807) is 45.9 Å². The fourth-order valence-corrected chi connectivity index (χ4v) is 2.03. The summed E-state index contributed by atoms with van der Waals surface area (Å²) in [5.41, 5.74) is 4.50. The van der Waals surface area contributed by atoms with Gasteiger partial charge in [0.25, 0.3) is 5.91 Å². The van der Waals surface area contributed by atoms with E-state index in [0.29, 0.717) is 15.7 Å². The van der Waals surface area contributed by atoms with Gasteiger partial charge in [-0.25, -0.2) is 0 Å². The number of hydrogen-bond donors (Lipinski definition) is 3. The Bertz CT molecular complexity index is 533. The Kier molecular flexibility index (Phi) is 4.49. The molecule has 0 fully saturated rings. The third-order valence-corrected chi connectivity index (χ3v) is 4.16. The highest BCUT2D eigenvalue weighted by Crippen LogP contribution is 2.31. The highest BCUT2D eigenvalue weighted by molar-refractivity contribution is 9.10. The third-order valence-electron chi connectivity index (χ3n) is 3.71. The molecule has 0 aromatic heterocycles. The number of amides is 1. The first-order valence-electron chi connectivity index (χ1n) is 6.09. The molecular weight excluding hydrogens is 324 g/mol. The summed E-state index contributed by atoms with van der Waals surface area (Å²) in [5, 5.41) is 12.0. The molecule has 0 saturated carbocycles. The van der Waals surface area contributed by atoms with Crippen LogP contribution in [0.15, 0.2) is 22.7 Å². The second-order valence-electron chi connectivity index (χ2n) is 5.78. The second-order valence-corrected chi connectivity index (χ2v) is 6.70. The molecule has 0 atom stereocenters. The minimum Gasteiger partial charge on any atom is -0.481 e. The SMILES string of the molecule is CC(C)(NC(=O)c1cc(N)cc(Br)c1)C(C)(C)C(=O)O. The fraction of sp³-hybridized carbons (Fsp3) is 0.429. The van der Waals surface area contributed by atoms with Crippen molar-refractivity contribution < 1.29 is 14.7 Å². The number of halogens is 1. The third kappa shape index (κ3) is 3.30. The minimum absolute atomic E-state index is 0.364. The first-order valence-corrected chi connectivity index (χ1v) is 6.88. The van der Waals surface area contributed by atoms with Crippen LogP contribution in [0.25, 0.3) is 0 Å². The van der Waals surface area contributed by atoms with Crippen LogP contribution in [0, 0.1) is 5.41 Å². The van der Waals surface area contributed by atoms with Gasteiger partial charge in [-0.05, 0) is 45.9 Å². The van der Waals surface area contributed by atoms with E-state index in [2.05, 4.69) is 21.2 Å². The lowest BCUT2D eigenvalue weighted by atomic mass is 9.74. The second kappa shape index (κ2) is 5.44. The average molecular weight is 343 g/mol. The normalized spacial score (nSPS) is 12.1. The van der Waals surface area contributed by atoms with Crippen molar-refractivity contribution in [2.24, 2.45) is 5.41 Å². The van der Waals surface area contributed by atoms with Gasteiger partial charge in [0.2, 0.25) is 0 Å². The van der Waals surface area contributed by atoms with Crippen molar-refractivity contribution >= 4 is 33.5 Å². The van der Waals surface area contributed by atoms with E-state index in [9.17, 15) is 14.7 Å². The Balaban J connectivity index is 3.03. The molecule has 0 heterocycles. The maximum absolute atomic E-state index is 12.3. The number of nitrogens with two attached hydrogens (primary N) is 1. The van der Waals surface area contributed by atoms with E-state index in [4.69, 9.17) is 5.73 Å². The van der Waals surface area contributed by atoms with Crippen LogP contribution < -0.4 is 11.1 Å². The summed E-state index contributed by atoms with van der Waals surface area (Å²) < 4.78 is 0.693. The van der Waals surface area contributed by atoms with Crippen molar-refractivity contribution in [1.82, 2.24) is 5.32 Å². The van der Waals surface area contributed by atoms with E-state index < -0.39 is 16.9 Å². The molecule has 6 heteroatoms. The standard InChI is InChI=1S/C14H19BrN2O3/c1-13(2,12(19)20)14(3,4)17-11(18)8-5-9(15)7-10(16)6-8/h5-7H,16H2,1-4H3,(H,17,18)(H,19,20). The summed E-state index contributed by atoms with van der Waals surface area (Å²) in [5.74, 6) is -1.34. The van der Waals surface area contributed by atoms with E-state index in [-0.39, 0.29) is 5.91 Å². The number of anilines is 1. The average Bonchev–Trinajstić information content (AvgIpc) is 2.26. The highest BCUT2D eigenvalue weighted by Gasteiger charge is 2.44. The largest absolute Gasteiger partial charge is 0.481 e. The Morgan fingerprint density at radius 2 is 1.75 bits per heavy atom. The molecule has 110 valence electrons. The minimum atomic E-state index is -1.11. The summed E-state index contributed by atoms with van der Waals surface area (Å²) >= 11 is 3.27. The number of carbonyl (C=O) groups is 2. The van der Waals surface area contributed by atoms with Gasteiger partial charge < -0.3 is 16.2 Å². The molecule has 0 aliphatic heterocycles. The number of carboxylic acid groups (broad SMARTS) is 1. The summed E-state index contributed by atoms with van der Waals surface area (Å²) in [7, 11) is 0. The van der Waals surface area contributed by atoms with Crippen LogP contribution >= 0.6 is 15.9 Å². The molecule has 4 N–H and O–H groups in total. The maximum Gasteiger partial charge on any atom is 0.311 e. The van der Waals surface area contributed by atoms with E-state index in [0.717, 1.165) is 0 Å². The lowest BCUT2D eigenvalue weighted by Crippen LogP contribution is -2.56.